The minimum Gasteiger partial charge on any atom is -0.329 e. The molecule has 3 nitrogen and oxygen atoms in total. The second-order valence-corrected chi connectivity index (χ2v) is 4.55. The summed E-state index contributed by atoms with van der Waals surface area (Å²) in [6.45, 7) is 16.8. The van der Waals surface area contributed by atoms with Crippen LogP contribution in [0.4, 0.5) is 0 Å². The van der Waals surface area contributed by atoms with E-state index in [4.69, 9.17) is 5.73 Å². The van der Waals surface area contributed by atoms with Gasteiger partial charge in [0.25, 0.3) is 0 Å². The summed E-state index contributed by atoms with van der Waals surface area (Å²) < 4.78 is 0. The molecule has 1 rings (SSSR count). The summed E-state index contributed by atoms with van der Waals surface area (Å²) in [5, 5.41) is 0. The molecule has 0 aliphatic carbocycles. The Labute approximate surface area is 133 Å². The van der Waals surface area contributed by atoms with Gasteiger partial charge in [-0.2, -0.15) is 0 Å². The molecular weight excluding hydrogens is 258 g/mol. The number of nitrogens with two attached hydrogens (primary N) is 1. The van der Waals surface area contributed by atoms with Gasteiger partial charge in [0.2, 0.25) is 0 Å². The van der Waals surface area contributed by atoms with Gasteiger partial charge < -0.3 is 10.6 Å². The van der Waals surface area contributed by atoms with Crippen LogP contribution in [0, 0.1) is 0 Å². The Morgan fingerprint density at radius 3 is 1.81 bits per heavy atom. The van der Waals surface area contributed by atoms with Crippen LogP contribution in [0.25, 0.3) is 0 Å². The molecule has 0 atom stereocenters. The van der Waals surface area contributed by atoms with Crippen LogP contribution in [0.2, 0.25) is 0 Å². The minimum absolute atomic E-state index is 0.786. The van der Waals surface area contributed by atoms with Gasteiger partial charge in [0.1, 0.15) is 0 Å². The van der Waals surface area contributed by atoms with E-state index in [9.17, 15) is 0 Å². The SMILES string of the molecule is CC.CCCN(CC)CCN.CCc1cccc(CC)n1. The normalized spacial score (nSPS) is 9.52. The summed E-state index contributed by atoms with van der Waals surface area (Å²) in [6, 6.07) is 6.21. The molecule has 21 heavy (non-hydrogen) atoms. The molecule has 0 spiro atoms. The van der Waals surface area contributed by atoms with Crippen LogP contribution in [0.15, 0.2) is 18.2 Å². The van der Waals surface area contributed by atoms with Crippen LogP contribution < -0.4 is 5.73 Å². The first-order valence-electron chi connectivity index (χ1n) is 8.58. The monoisotopic (exact) mass is 295 g/mol. The van der Waals surface area contributed by atoms with E-state index >= 15 is 0 Å². The maximum Gasteiger partial charge on any atom is 0.0404 e. The highest BCUT2D eigenvalue weighted by molar-refractivity contribution is 5.10. The molecule has 0 saturated carbocycles. The summed E-state index contributed by atoms with van der Waals surface area (Å²) in [5.41, 5.74) is 7.78. The van der Waals surface area contributed by atoms with Crippen molar-refractivity contribution >= 4 is 0 Å². The first-order valence-corrected chi connectivity index (χ1v) is 8.58. The molecule has 0 aromatic carbocycles. The minimum atomic E-state index is 0.786. The molecule has 0 saturated heterocycles. The molecule has 1 aromatic rings. The third kappa shape index (κ3) is 12.5. The Morgan fingerprint density at radius 1 is 0.952 bits per heavy atom. The van der Waals surface area contributed by atoms with Crippen molar-refractivity contribution in [2.24, 2.45) is 5.73 Å². The number of hydrogen-bond acceptors (Lipinski definition) is 3. The summed E-state index contributed by atoms with van der Waals surface area (Å²) >= 11 is 0. The Bertz CT molecular complexity index is 288. The lowest BCUT2D eigenvalue weighted by atomic mass is 10.2. The fourth-order valence-corrected chi connectivity index (χ4v) is 1.85. The predicted molar refractivity (Wildman–Crippen MR) is 95.8 cm³/mol. The fraction of sp³-hybridized carbons (Fsp3) is 0.722. The van der Waals surface area contributed by atoms with Crippen LogP contribution in [0.3, 0.4) is 0 Å². The van der Waals surface area contributed by atoms with Gasteiger partial charge in [-0.25, -0.2) is 0 Å². The molecule has 0 amide bonds. The van der Waals surface area contributed by atoms with E-state index in [1.807, 2.05) is 13.8 Å². The van der Waals surface area contributed by atoms with Gasteiger partial charge in [0.15, 0.2) is 0 Å². The van der Waals surface area contributed by atoms with Gasteiger partial charge in [0, 0.05) is 24.5 Å². The van der Waals surface area contributed by atoms with Crippen LogP contribution in [0.5, 0.6) is 0 Å². The zero-order valence-corrected chi connectivity index (χ0v) is 15.2. The molecule has 0 aliphatic heterocycles. The van der Waals surface area contributed by atoms with Gasteiger partial charge in [-0.1, -0.05) is 47.6 Å². The molecule has 0 unspecified atom stereocenters. The molecule has 0 radical (unpaired) electrons. The number of aromatic nitrogens is 1. The van der Waals surface area contributed by atoms with Gasteiger partial charge in [-0.3, -0.25) is 4.98 Å². The largest absolute Gasteiger partial charge is 0.329 e. The van der Waals surface area contributed by atoms with Crippen molar-refractivity contribution in [1.29, 1.82) is 0 Å². The smallest absolute Gasteiger partial charge is 0.0404 e. The first-order chi connectivity index (χ1) is 10.2. The second kappa shape index (κ2) is 17.1. The second-order valence-electron chi connectivity index (χ2n) is 4.55. The van der Waals surface area contributed by atoms with Crippen molar-refractivity contribution in [3.05, 3.63) is 29.6 Å². The van der Waals surface area contributed by atoms with Gasteiger partial charge in [-0.15, -0.1) is 0 Å². The predicted octanol–water partition coefficient (Wildman–Crippen LogP) is 3.91. The lowest BCUT2D eigenvalue weighted by Gasteiger charge is -2.17. The van der Waals surface area contributed by atoms with E-state index in [0.29, 0.717) is 0 Å². The van der Waals surface area contributed by atoms with Crippen molar-refractivity contribution in [3.8, 4) is 0 Å². The molecule has 1 aromatic heterocycles. The van der Waals surface area contributed by atoms with Crippen LogP contribution in [0.1, 0.15) is 59.4 Å². The number of hydrogen-bond donors (Lipinski definition) is 1. The Balaban J connectivity index is 0. The Hall–Kier alpha value is -0.930. The van der Waals surface area contributed by atoms with Crippen LogP contribution >= 0.6 is 0 Å². The topological polar surface area (TPSA) is 42.1 Å². The third-order valence-corrected chi connectivity index (χ3v) is 3.02. The molecular formula is C18H37N3. The highest BCUT2D eigenvalue weighted by Crippen LogP contribution is 1.99. The number of pyridine rings is 1. The van der Waals surface area contributed by atoms with E-state index in [2.05, 4.69) is 55.8 Å². The highest BCUT2D eigenvalue weighted by Gasteiger charge is 1.96. The molecule has 2 N–H and O–H groups in total. The lowest BCUT2D eigenvalue weighted by Crippen LogP contribution is -2.29. The number of nitrogens with zero attached hydrogens (tertiary/aromatic N) is 2. The highest BCUT2D eigenvalue weighted by atomic mass is 15.1. The molecule has 1 heterocycles. The van der Waals surface area contributed by atoms with E-state index in [-0.39, 0.29) is 0 Å². The lowest BCUT2D eigenvalue weighted by molar-refractivity contribution is 0.297. The molecule has 0 aliphatic rings. The molecule has 0 fully saturated rings. The van der Waals surface area contributed by atoms with Gasteiger partial charge >= 0.3 is 0 Å². The fourth-order valence-electron chi connectivity index (χ4n) is 1.85. The van der Waals surface area contributed by atoms with Crippen LogP contribution in [-0.4, -0.2) is 36.1 Å². The van der Waals surface area contributed by atoms with Crippen LogP contribution in [-0.2, 0) is 12.8 Å². The number of likely N-dealkylation sites (N-methyl/N-ethyl adjacent to an activating group) is 1. The van der Waals surface area contributed by atoms with Crippen molar-refractivity contribution < 1.29 is 0 Å². The number of rotatable bonds is 7. The average molecular weight is 296 g/mol. The van der Waals surface area contributed by atoms with Gasteiger partial charge in [-0.05, 0) is 44.5 Å². The molecule has 0 bridgehead atoms. The van der Waals surface area contributed by atoms with Crippen molar-refractivity contribution in [1.82, 2.24) is 9.88 Å². The molecule has 124 valence electrons. The van der Waals surface area contributed by atoms with E-state index < -0.39 is 0 Å². The zero-order valence-electron chi connectivity index (χ0n) is 15.2. The molecule has 3 heteroatoms. The maximum absolute atomic E-state index is 5.39. The summed E-state index contributed by atoms with van der Waals surface area (Å²) in [7, 11) is 0. The van der Waals surface area contributed by atoms with E-state index in [0.717, 1.165) is 32.5 Å². The Kier molecular flexibility index (Phi) is 18.2. The van der Waals surface area contributed by atoms with Gasteiger partial charge in [0.05, 0.1) is 0 Å². The standard InChI is InChI=1S/C9H13N.C7H18N2.C2H6/c1-3-8-6-5-7-9(4-2)10-8;1-3-6-9(4-2)7-5-8;1-2/h5-7H,3-4H2,1-2H3;3-8H2,1-2H3;1-2H3. The van der Waals surface area contributed by atoms with E-state index in [1.165, 1.54) is 24.4 Å². The quantitative estimate of drug-likeness (QED) is 0.829. The zero-order chi connectivity index (χ0) is 16.5. The first kappa shape index (κ1) is 22.4. The van der Waals surface area contributed by atoms with E-state index in [1.54, 1.807) is 0 Å². The summed E-state index contributed by atoms with van der Waals surface area (Å²) in [5.74, 6) is 0. The maximum atomic E-state index is 5.39. The number of aryl methyl sites for hydroxylation is 2. The Morgan fingerprint density at radius 2 is 1.48 bits per heavy atom. The van der Waals surface area contributed by atoms with Crippen molar-refractivity contribution in [2.45, 2.75) is 60.8 Å². The summed E-state index contributed by atoms with van der Waals surface area (Å²) in [4.78, 5) is 6.77. The van der Waals surface area contributed by atoms with Crippen molar-refractivity contribution in [2.75, 3.05) is 26.2 Å². The average Bonchev–Trinajstić information content (AvgIpc) is 2.57. The summed E-state index contributed by atoms with van der Waals surface area (Å²) in [6.07, 6.45) is 3.30. The third-order valence-electron chi connectivity index (χ3n) is 3.02. The van der Waals surface area contributed by atoms with Crippen molar-refractivity contribution in [3.63, 3.8) is 0 Å².